The molecule has 0 spiro atoms. The van der Waals surface area contributed by atoms with E-state index in [9.17, 15) is 0 Å². The highest BCUT2D eigenvalue weighted by Gasteiger charge is 2.23. The quantitative estimate of drug-likeness (QED) is 0.130. The predicted molar refractivity (Wildman–Crippen MR) is 183 cm³/mol. The van der Waals surface area contributed by atoms with Crippen molar-refractivity contribution < 1.29 is 9.47 Å². The molecule has 2 aromatic carbocycles. The van der Waals surface area contributed by atoms with Gasteiger partial charge in [-0.2, -0.15) is 0 Å². The second kappa shape index (κ2) is 12.6. The summed E-state index contributed by atoms with van der Waals surface area (Å²) in [7, 11) is 3.35. The van der Waals surface area contributed by atoms with Crippen LogP contribution in [-0.4, -0.2) is 35.6 Å². The van der Waals surface area contributed by atoms with Crippen molar-refractivity contribution in [3.05, 3.63) is 116 Å². The highest BCUT2D eigenvalue weighted by atomic mass is 32.1. The average molecular weight is 621 g/mol. The maximum Gasteiger partial charge on any atom is 0.126 e. The van der Waals surface area contributed by atoms with Crippen LogP contribution in [0.1, 0.15) is 43.4 Å². The van der Waals surface area contributed by atoms with E-state index in [1.165, 1.54) is 22.7 Å². The Labute approximate surface area is 263 Å². The van der Waals surface area contributed by atoms with Crippen LogP contribution in [0.25, 0.3) is 20.4 Å². The van der Waals surface area contributed by atoms with Gasteiger partial charge in [0.05, 0.1) is 34.3 Å². The zero-order chi connectivity index (χ0) is 30.8. The van der Waals surface area contributed by atoms with E-state index in [1.807, 2.05) is 86.6 Å². The fourth-order valence-electron chi connectivity index (χ4n) is 5.33. The van der Waals surface area contributed by atoms with Gasteiger partial charge in [-0.15, -0.1) is 32.9 Å². The molecular weight excluding hydrogens is 589 g/mol. The van der Waals surface area contributed by atoms with E-state index < -0.39 is 0 Å². The molecule has 0 aliphatic carbocycles. The molecule has 0 atom stereocenters. The third kappa shape index (κ3) is 5.60. The van der Waals surface area contributed by atoms with Gasteiger partial charge in [0.2, 0.25) is 0 Å². The Morgan fingerprint density at radius 1 is 0.659 bits per heavy atom. The second-order valence-electron chi connectivity index (χ2n) is 10.4. The zero-order valence-electron chi connectivity index (χ0n) is 24.9. The average Bonchev–Trinajstić information content (AvgIpc) is 3.52. The number of thiophene rings is 2. The molecule has 0 unspecified atom stereocenters. The maximum absolute atomic E-state index is 6.87. The van der Waals surface area contributed by atoms with Crippen LogP contribution in [0.3, 0.4) is 0 Å². The van der Waals surface area contributed by atoms with E-state index in [1.54, 1.807) is 14.2 Å². The minimum absolute atomic E-state index is 0.429. The summed E-state index contributed by atoms with van der Waals surface area (Å²) in [4.78, 5) is 12.8. The van der Waals surface area contributed by atoms with Crippen LogP contribution < -0.4 is 11.5 Å². The number of nitrogens with zero attached hydrogens (tertiary/aromatic N) is 4. The predicted octanol–water partition coefficient (Wildman–Crippen LogP) is 7.27. The van der Waals surface area contributed by atoms with E-state index in [-0.39, 0.29) is 0 Å². The van der Waals surface area contributed by atoms with E-state index in [4.69, 9.17) is 41.1 Å². The molecule has 0 aliphatic heterocycles. The Bertz CT molecular complexity index is 1880. The van der Waals surface area contributed by atoms with Gasteiger partial charge in [-0.25, -0.2) is 9.97 Å². The van der Waals surface area contributed by atoms with Crippen molar-refractivity contribution in [1.29, 1.82) is 0 Å². The largest absolute Gasteiger partial charge is 0.397 e. The number of ether oxygens (including phenoxy) is 2. The first-order valence-electron chi connectivity index (χ1n) is 14.0. The van der Waals surface area contributed by atoms with E-state index in [0.717, 1.165) is 63.8 Å². The van der Waals surface area contributed by atoms with Gasteiger partial charge in [-0.1, -0.05) is 60.7 Å². The number of benzene rings is 2. The summed E-state index contributed by atoms with van der Waals surface area (Å²) in [5, 5.41) is 11.6. The molecular formula is C34H32N6O2S2. The molecule has 0 radical (unpaired) electrons. The second-order valence-corrected chi connectivity index (χ2v) is 12.4. The topological polar surface area (TPSA) is 121 Å². The van der Waals surface area contributed by atoms with Gasteiger partial charge in [-0.3, -0.25) is 0 Å². The first-order valence-corrected chi connectivity index (χ1v) is 15.6. The third-order valence-corrected chi connectivity index (χ3v) is 9.40. The zero-order valence-corrected chi connectivity index (χ0v) is 26.6. The molecule has 8 nitrogen and oxygen atoms in total. The lowest BCUT2D eigenvalue weighted by Gasteiger charge is -2.08. The molecule has 0 amide bonds. The fraction of sp³-hybridized carbons (Fsp3) is 0.176. The van der Waals surface area contributed by atoms with Crippen molar-refractivity contribution in [2.45, 2.75) is 27.1 Å². The van der Waals surface area contributed by atoms with Crippen molar-refractivity contribution in [3.63, 3.8) is 0 Å². The van der Waals surface area contributed by atoms with Crippen LogP contribution in [0.5, 0.6) is 0 Å². The summed E-state index contributed by atoms with van der Waals surface area (Å²) in [5.41, 5.74) is 21.8. The lowest BCUT2D eigenvalue weighted by Crippen LogP contribution is -2.07. The molecule has 0 fully saturated rings. The molecule has 0 aliphatic rings. The van der Waals surface area contributed by atoms with Crippen molar-refractivity contribution in [2.75, 3.05) is 25.7 Å². The molecule has 44 heavy (non-hydrogen) atoms. The minimum atomic E-state index is 0.429. The lowest BCUT2D eigenvalue weighted by molar-refractivity contribution is 0.186. The number of aryl methyl sites for hydroxylation is 2. The van der Waals surface area contributed by atoms with Gasteiger partial charge in [0.25, 0.3) is 0 Å². The van der Waals surface area contributed by atoms with Crippen molar-refractivity contribution in [3.8, 4) is 0 Å². The Balaban J connectivity index is 1.61. The Morgan fingerprint density at radius 2 is 1.05 bits per heavy atom. The SMILES string of the molecule is COCc1cc(C)nc2sc(/C(=N/N=C(\c3ccccc3)c3sc4nc(C)cc(COC)c4c3N)c3ccccc3)c(N)c12. The molecule has 6 rings (SSSR count). The van der Waals surface area contributed by atoms with Crippen LogP contribution in [-0.2, 0) is 22.7 Å². The maximum atomic E-state index is 6.87. The van der Waals surface area contributed by atoms with Crippen LogP contribution in [0.15, 0.2) is 83.0 Å². The van der Waals surface area contributed by atoms with Crippen LogP contribution in [0, 0.1) is 13.8 Å². The number of methoxy groups -OCH3 is 2. The van der Waals surface area contributed by atoms with Gasteiger partial charge in [0, 0.05) is 47.5 Å². The highest BCUT2D eigenvalue weighted by Crippen LogP contribution is 2.39. The van der Waals surface area contributed by atoms with Crippen LogP contribution >= 0.6 is 22.7 Å². The Hall–Kier alpha value is -4.48. The molecule has 6 aromatic rings. The van der Waals surface area contributed by atoms with Gasteiger partial charge in [0.15, 0.2) is 0 Å². The first kappa shape index (κ1) is 29.6. The lowest BCUT2D eigenvalue weighted by atomic mass is 10.1. The van der Waals surface area contributed by atoms with Gasteiger partial charge < -0.3 is 20.9 Å². The van der Waals surface area contributed by atoms with Gasteiger partial charge in [-0.05, 0) is 37.1 Å². The molecule has 4 N–H and O–H groups in total. The number of hydrogen-bond acceptors (Lipinski definition) is 10. The summed E-state index contributed by atoms with van der Waals surface area (Å²) in [5.74, 6) is 0. The van der Waals surface area contributed by atoms with Crippen LogP contribution in [0.4, 0.5) is 11.4 Å². The normalized spacial score (nSPS) is 12.5. The molecule has 4 heterocycles. The van der Waals surface area contributed by atoms with Crippen molar-refractivity contribution in [2.24, 2.45) is 10.2 Å². The number of aromatic nitrogens is 2. The number of hydrogen-bond donors (Lipinski definition) is 2. The number of anilines is 2. The number of nitrogen functional groups attached to an aromatic ring is 2. The van der Waals surface area contributed by atoms with Crippen molar-refractivity contribution in [1.82, 2.24) is 9.97 Å². The number of nitrogens with two attached hydrogens (primary N) is 2. The summed E-state index contributed by atoms with van der Waals surface area (Å²) < 4.78 is 11.0. The smallest absolute Gasteiger partial charge is 0.126 e. The summed E-state index contributed by atoms with van der Waals surface area (Å²) >= 11 is 3.01. The molecule has 222 valence electrons. The number of pyridine rings is 2. The summed E-state index contributed by atoms with van der Waals surface area (Å²) in [6.45, 7) is 4.80. The summed E-state index contributed by atoms with van der Waals surface area (Å²) in [6.07, 6.45) is 0. The molecule has 0 saturated carbocycles. The van der Waals surface area contributed by atoms with Gasteiger partial charge in [0.1, 0.15) is 21.1 Å². The molecule has 0 bridgehead atoms. The highest BCUT2D eigenvalue weighted by molar-refractivity contribution is 7.22. The number of rotatable bonds is 9. The van der Waals surface area contributed by atoms with E-state index in [0.29, 0.717) is 36.0 Å². The van der Waals surface area contributed by atoms with Crippen molar-refractivity contribution >= 4 is 65.9 Å². The first-order chi connectivity index (χ1) is 21.4. The summed E-state index contributed by atoms with van der Waals surface area (Å²) in [6, 6.07) is 23.9. The standard InChI is InChI=1S/C34H32N6O2S2/c1-19-15-23(17-41-3)25-27(35)31(43-33(25)37-19)29(21-11-7-5-8-12-21)39-40-30(22-13-9-6-10-14-22)32-28(36)26-24(18-42-4)16-20(2)38-34(26)44-32/h5-16H,17-18,35-36H2,1-4H3/b39-29+,40-30+. The van der Waals surface area contributed by atoms with Gasteiger partial charge >= 0.3 is 0 Å². The minimum Gasteiger partial charge on any atom is -0.397 e. The van der Waals surface area contributed by atoms with E-state index in [2.05, 4.69) is 0 Å². The third-order valence-electron chi connectivity index (χ3n) is 7.19. The Kier molecular flexibility index (Phi) is 8.49. The van der Waals surface area contributed by atoms with E-state index >= 15 is 0 Å². The number of fused-ring (bicyclic) bond motifs is 2. The molecule has 4 aromatic heterocycles. The monoisotopic (exact) mass is 620 g/mol. The fourth-order valence-corrected chi connectivity index (χ4v) is 7.71. The Morgan fingerprint density at radius 3 is 1.41 bits per heavy atom. The molecule has 10 heteroatoms. The molecule has 0 saturated heterocycles. The van der Waals surface area contributed by atoms with Crippen LogP contribution in [0.2, 0.25) is 0 Å².